The van der Waals surface area contributed by atoms with Gasteiger partial charge in [-0.3, -0.25) is 4.79 Å². The smallest absolute Gasteiger partial charge is 0.270 e. The highest BCUT2D eigenvalue weighted by Gasteiger charge is 2.16. The molecule has 1 aliphatic rings. The molecule has 1 aromatic heterocycles. The fourth-order valence-corrected chi connectivity index (χ4v) is 3.18. The third-order valence-electron chi connectivity index (χ3n) is 4.51. The van der Waals surface area contributed by atoms with E-state index >= 15 is 0 Å². The molecule has 0 spiro atoms. The van der Waals surface area contributed by atoms with Crippen molar-refractivity contribution in [3.63, 3.8) is 0 Å². The first-order chi connectivity index (χ1) is 12.2. The molecule has 0 bridgehead atoms. The van der Waals surface area contributed by atoms with E-state index in [0.29, 0.717) is 18.1 Å². The number of anilines is 1. The Morgan fingerprint density at radius 2 is 1.88 bits per heavy atom. The van der Waals surface area contributed by atoms with Crippen molar-refractivity contribution in [3.05, 3.63) is 53.5 Å². The molecule has 1 aromatic carbocycles. The number of carbonyl (C=O) groups is 1. The molecule has 1 fully saturated rings. The van der Waals surface area contributed by atoms with Gasteiger partial charge in [0.05, 0.1) is 0 Å². The normalized spacial score (nSPS) is 14.4. The topological polar surface area (TPSA) is 58.1 Å². The Morgan fingerprint density at radius 3 is 2.64 bits per heavy atom. The maximum absolute atomic E-state index is 12.4. The molecule has 3 rings (SSSR count). The number of benzene rings is 1. The summed E-state index contributed by atoms with van der Waals surface area (Å²) < 4.78 is 0. The molecule has 5 nitrogen and oxygen atoms in total. The SMILES string of the molecule is Cc1nc(C(=O)NCCCc2ccccc2)cc(N2CCCCC2)n1. The molecule has 0 aliphatic carbocycles. The van der Waals surface area contributed by atoms with Crippen LogP contribution in [0.4, 0.5) is 5.82 Å². The second kappa shape index (κ2) is 8.60. The second-order valence-corrected chi connectivity index (χ2v) is 6.55. The number of nitrogens with zero attached hydrogens (tertiary/aromatic N) is 3. The van der Waals surface area contributed by atoms with E-state index < -0.39 is 0 Å². The molecule has 2 aromatic rings. The van der Waals surface area contributed by atoms with E-state index in [9.17, 15) is 4.79 Å². The Hall–Kier alpha value is -2.43. The van der Waals surface area contributed by atoms with Gasteiger partial charge in [0.1, 0.15) is 17.3 Å². The molecule has 5 heteroatoms. The number of rotatable bonds is 6. The van der Waals surface area contributed by atoms with E-state index in [4.69, 9.17) is 0 Å². The maximum Gasteiger partial charge on any atom is 0.270 e. The van der Waals surface area contributed by atoms with Crippen molar-refractivity contribution in [2.24, 2.45) is 0 Å². The number of hydrogen-bond acceptors (Lipinski definition) is 4. The first kappa shape index (κ1) is 17.4. The first-order valence-corrected chi connectivity index (χ1v) is 9.15. The van der Waals surface area contributed by atoms with Crippen LogP contribution in [-0.2, 0) is 6.42 Å². The predicted molar refractivity (Wildman–Crippen MR) is 99.9 cm³/mol. The Labute approximate surface area is 149 Å². The van der Waals surface area contributed by atoms with E-state index in [2.05, 4.69) is 32.3 Å². The first-order valence-electron chi connectivity index (χ1n) is 9.15. The summed E-state index contributed by atoms with van der Waals surface area (Å²) in [5.74, 6) is 1.41. The van der Waals surface area contributed by atoms with Crippen LogP contribution >= 0.6 is 0 Å². The quantitative estimate of drug-likeness (QED) is 0.822. The van der Waals surface area contributed by atoms with Gasteiger partial charge in [-0.25, -0.2) is 9.97 Å². The highest BCUT2D eigenvalue weighted by Crippen LogP contribution is 2.18. The summed E-state index contributed by atoms with van der Waals surface area (Å²) >= 11 is 0. The standard InChI is InChI=1S/C20H26N4O/c1-16-22-18(15-19(23-16)24-13-6-3-7-14-24)20(25)21-12-8-11-17-9-4-2-5-10-17/h2,4-5,9-10,15H,3,6-8,11-14H2,1H3,(H,21,25). The monoisotopic (exact) mass is 338 g/mol. The zero-order valence-corrected chi connectivity index (χ0v) is 14.9. The van der Waals surface area contributed by atoms with E-state index in [-0.39, 0.29) is 5.91 Å². The summed E-state index contributed by atoms with van der Waals surface area (Å²) in [4.78, 5) is 23.5. The van der Waals surface area contributed by atoms with Crippen LogP contribution in [0.2, 0.25) is 0 Å². The van der Waals surface area contributed by atoms with Crippen LogP contribution in [0.3, 0.4) is 0 Å². The van der Waals surface area contributed by atoms with Crippen molar-refractivity contribution < 1.29 is 4.79 Å². The van der Waals surface area contributed by atoms with E-state index in [0.717, 1.165) is 31.7 Å². The van der Waals surface area contributed by atoms with Crippen LogP contribution < -0.4 is 10.2 Å². The average molecular weight is 338 g/mol. The lowest BCUT2D eigenvalue weighted by atomic mass is 10.1. The Morgan fingerprint density at radius 1 is 1.12 bits per heavy atom. The molecule has 1 saturated heterocycles. The lowest BCUT2D eigenvalue weighted by Crippen LogP contribution is -2.31. The molecule has 1 amide bonds. The summed E-state index contributed by atoms with van der Waals surface area (Å²) in [6.07, 6.45) is 5.52. The van der Waals surface area contributed by atoms with Gasteiger partial charge >= 0.3 is 0 Å². The predicted octanol–water partition coefficient (Wildman–Crippen LogP) is 3.14. The van der Waals surface area contributed by atoms with Crippen LogP contribution in [0.25, 0.3) is 0 Å². The number of aryl methyl sites for hydroxylation is 2. The number of piperidine rings is 1. The fraction of sp³-hybridized carbons (Fsp3) is 0.450. The largest absolute Gasteiger partial charge is 0.356 e. The Bertz CT molecular complexity index is 696. The van der Waals surface area contributed by atoms with Gasteiger partial charge in [0.15, 0.2) is 0 Å². The third kappa shape index (κ3) is 5.02. The molecular formula is C20H26N4O. The number of aromatic nitrogens is 2. The Kier molecular flexibility index (Phi) is 5.99. The average Bonchev–Trinajstić information content (AvgIpc) is 2.66. The van der Waals surface area contributed by atoms with Gasteiger partial charge in [0.25, 0.3) is 5.91 Å². The number of carbonyl (C=O) groups excluding carboxylic acids is 1. The van der Waals surface area contributed by atoms with E-state index in [1.54, 1.807) is 0 Å². The lowest BCUT2D eigenvalue weighted by molar-refractivity contribution is 0.0948. The molecule has 25 heavy (non-hydrogen) atoms. The highest BCUT2D eigenvalue weighted by molar-refractivity contribution is 5.92. The van der Waals surface area contributed by atoms with Crippen molar-refractivity contribution in [2.75, 3.05) is 24.5 Å². The molecular weight excluding hydrogens is 312 g/mol. The van der Waals surface area contributed by atoms with Gasteiger partial charge in [-0.2, -0.15) is 0 Å². The zero-order chi connectivity index (χ0) is 17.5. The second-order valence-electron chi connectivity index (χ2n) is 6.55. The fourth-order valence-electron chi connectivity index (χ4n) is 3.18. The minimum absolute atomic E-state index is 0.114. The van der Waals surface area contributed by atoms with Crippen LogP contribution in [0.15, 0.2) is 36.4 Å². The van der Waals surface area contributed by atoms with Crippen molar-refractivity contribution in [1.29, 1.82) is 0 Å². The van der Waals surface area contributed by atoms with E-state index in [1.165, 1.54) is 24.8 Å². The zero-order valence-electron chi connectivity index (χ0n) is 14.9. The van der Waals surface area contributed by atoms with Crippen molar-refractivity contribution >= 4 is 11.7 Å². The van der Waals surface area contributed by atoms with E-state index in [1.807, 2.05) is 31.2 Å². The number of hydrogen-bond donors (Lipinski definition) is 1. The molecule has 2 heterocycles. The highest BCUT2D eigenvalue weighted by atomic mass is 16.1. The van der Waals surface area contributed by atoms with Crippen molar-refractivity contribution in [1.82, 2.24) is 15.3 Å². The molecule has 0 radical (unpaired) electrons. The van der Waals surface area contributed by atoms with Crippen molar-refractivity contribution in [3.8, 4) is 0 Å². The molecule has 132 valence electrons. The maximum atomic E-state index is 12.4. The summed E-state index contributed by atoms with van der Waals surface area (Å²) in [6.45, 7) is 4.51. The third-order valence-corrected chi connectivity index (χ3v) is 4.51. The molecule has 0 saturated carbocycles. The van der Waals surface area contributed by atoms with Gasteiger partial charge < -0.3 is 10.2 Å². The van der Waals surface area contributed by atoms with Crippen LogP contribution in [0.1, 0.15) is 47.6 Å². The van der Waals surface area contributed by atoms with Gasteiger partial charge in [0.2, 0.25) is 0 Å². The molecule has 1 N–H and O–H groups in total. The van der Waals surface area contributed by atoms with Crippen LogP contribution in [0, 0.1) is 6.92 Å². The number of nitrogens with one attached hydrogen (secondary N) is 1. The van der Waals surface area contributed by atoms with Gasteiger partial charge in [-0.05, 0) is 44.6 Å². The minimum Gasteiger partial charge on any atom is -0.356 e. The van der Waals surface area contributed by atoms with Crippen molar-refractivity contribution in [2.45, 2.75) is 39.0 Å². The summed E-state index contributed by atoms with van der Waals surface area (Å²) in [5, 5.41) is 2.98. The summed E-state index contributed by atoms with van der Waals surface area (Å²) in [6, 6.07) is 12.1. The summed E-state index contributed by atoms with van der Waals surface area (Å²) in [7, 11) is 0. The molecule has 0 unspecified atom stereocenters. The van der Waals surface area contributed by atoms with Gasteiger partial charge in [-0.1, -0.05) is 30.3 Å². The van der Waals surface area contributed by atoms with Gasteiger partial charge in [-0.15, -0.1) is 0 Å². The summed E-state index contributed by atoms with van der Waals surface area (Å²) in [5.41, 5.74) is 1.76. The van der Waals surface area contributed by atoms with Crippen LogP contribution in [-0.4, -0.2) is 35.5 Å². The minimum atomic E-state index is -0.114. The molecule has 1 aliphatic heterocycles. The molecule has 0 atom stereocenters. The van der Waals surface area contributed by atoms with Crippen LogP contribution in [0.5, 0.6) is 0 Å². The van der Waals surface area contributed by atoms with Gasteiger partial charge in [0, 0.05) is 25.7 Å². The Balaban J connectivity index is 1.55. The lowest BCUT2D eigenvalue weighted by Gasteiger charge is -2.28. The number of amides is 1.